The van der Waals surface area contributed by atoms with Gasteiger partial charge in [0.05, 0.1) is 19.3 Å². The van der Waals surface area contributed by atoms with E-state index in [0.29, 0.717) is 39.1 Å². The fourth-order valence-electron chi connectivity index (χ4n) is 3.32. The van der Waals surface area contributed by atoms with Crippen molar-refractivity contribution in [3.63, 3.8) is 0 Å². The highest BCUT2D eigenvalue weighted by Gasteiger charge is 2.26. The zero-order valence-corrected chi connectivity index (χ0v) is 16.8. The van der Waals surface area contributed by atoms with E-state index in [4.69, 9.17) is 4.74 Å². The van der Waals surface area contributed by atoms with Gasteiger partial charge in [-0.05, 0) is 11.1 Å². The average molecular weight is 406 g/mol. The fourth-order valence-corrected chi connectivity index (χ4v) is 3.32. The van der Waals surface area contributed by atoms with Crippen LogP contribution in [-0.4, -0.2) is 55.2 Å². The van der Waals surface area contributed by atoms with E-state index in [1.54, 1.807) is 4.90 Å². The van der Waals surface area contributed by atoms with Crippen molar-refractivity contribution in [1.82, 2.24) is 15.5 Å². The number of ether oxygens (including phenoxy) is 1. The molecular formula is C23H26N4O3. The van der Waals surface area contributed by atoms with Crippen molar-refractivity contribution in [3.8, 4) is 6.07 Å². The van der Waals surface area contributed by atoms with Gasteiger partial charge in [0.1, 0.15) is 12.1 Å². The lowest BCUT2D eigenvalue weighted by Crippen LogP contribution is -2.55. The molecule has 0 bridgehead atoms. The van der Waals surface area contributed by atoms with Crippen molar-refractivity contribution in [1.29, 1.82) is 5.26 Å². The summed E-state index contributed by atoms with van der Waals surface area (Å²) in [5.41, 5.74) is 1.89. The Hall–Kier alpha value is -3.37. The molecule has 0 radical (unpaired) electrons. The quantitative estimate of drug-likeness (QED) is 0.734. The molecule has 3 rings (SSSR count). The number of hydrogen-bond donors (Lipinski definition) is 2. The summed E-state index contributed by atoms with van der Waals surface area (Å²) in [6.45, 7) is 1.94. The van der Waals surface area contributed by atoms with E-state index in [-0.39, 0.29) is 11.9 Å². The van der Waals surface area contributed by atoms with Crippen LogP contribution in [0.15, 0.2) is 60.7 Å². The lowest BCUT2D eigenvalue weighted by atomic mass is 10.0. The van der Waals surface area contributed by atoms with Crippen molar-refractivity contribution in [2.75, 3.05) is 26.3 Å². The Labute approximate surface area is 176 Å². The molecule has 7 heteroatoms. The number of carbonyl (C=O) groups excluding carboxylic acids is 2. The first-order chi connectivity index (χ1) is 14.7. The standard InChI is InChI=1S/C23H26N4O3/c24-17-20(15-18-7-3-1-4-8-18)25-22(28)21(16-19-9-5-2-6-10-19)26-23(29)27-11-13-30-14-12-27/h1-10,20-21H,11-16H2,(H,25,28)(H,26,29)/t20-,21-/m0/s1. The molecule has 2 aromatic carbocycles. The summed E-state index contributed by atoms with van der Waals surface area (Å²) < 4.78 is 5.28. The summed E-state index contributed by atoms with van der Waals surface area (Å²) in [5, 5.41) is 15.1. The Kier molecular flexibility index (Phi) is 7.81. The first kappa shape index (κ1) is 21.3. The molecule has 7 nitrogen and oxygen atoms in total. The lowest BCUT2D eigenvalue weighted by Gasteiger charge is -2.29. The number of amides is 3. The number of carbonyl (C=O) groups is 2. The van der Waals surface area contributed by atoms with E-state index >= 15 is 0 Å². The number of rotatable bonds is 7. The summed E-state index contributed by atoms with van der Waals surface area (Å²) in [6.07, 6.45) is 0.741. The van der Waals surface area contributed by atoms with Gasteiger partial charge in [-0.2, -0.15) is 5.26 Å². The van der Waals surface area contributed by atoms with Crippen LogP contribution >= 0.6 is 0 Å². The van der Waals surface area contributed by atoms with Crippen LogP contribution in [0, 0.1) is 11.3 Å². The van der Waals surface area contributed by atoms with Crippen LogP contribution in [0.4, 0.5) is 4.79 Å². The minimum Gasteiger partial charge on any atom is -0.378 e. The van der Waals surface area contributed by atoms with E-state index in [1.165, 1.54) is 0 Å². The van der Waals surface area contributed by atoms with Crippen LogP contribution in [-0.2, 0) is 22.4 Å². The van der Waals surface area contributed by atoms with E-state index in [2.05, 4.69) is 16.7 Å². The van der Waals surface area contributed by atoms with E-state index in [1.807, 2.05) is 60.7 Å². The van der Waals surface area contributed by atoms with Crippen LogP contribution in [0.2, 0.25) is 0 Å². The molecule has 156 valence electrons. The summed E-state index contributed by atoms with van der Waals surface area (Å²) >= 11 is 0. The maximum atomic E-state index is 13.0. The van der Waals surface area contributed by atoms with Gasteiger partial charge >= 0.3 is 6.03 Å². The minimum atomic E-state index is -0.783. The predicted octanol–water partition coefficient (Wildman–Crippen LogP) is 1.89. The van der Waals surface area contributed by atoms with Gasteiger partial charge in [0, 0.05) is 25.9 Å². The summed E-state index contributed by atoms with van der Waals surface area (Å²) in [6, 6.07) is 19.4. The van der Waals surface area contributed by atoms with Crippen LogP contribution in [0.1, 0.15) is 11.1 Å². The summed E-state index contributed by atoms with van der Waals surface area (Å²) in [4.78, 5) is 27.3. The molecule has 30 heavy (non-hydrogen) atoms. The Bertz CT molecular complexity index is 861. The van der Waals surface area contributed by atoms with Gasteiger partial charge in [0.15, 0.2) is 0 Å². The SMILES string of the molecule is N#C[C@H](Cc1ccccc1)NC(=O)[C@H](Cc1ccccc1)NC(=O)N1CCOCC1. The molecule has 0 aliphatic carbocycles. The molecule has 0 saturated carbocycles. The second-order valence-electron chi connectivity index (χ2n) is 7.17. The van der Waals surface area contributed by atoms with Gasteiger partial charge in [-0.1, -0.05) is 60.7 Å². The van der Waals surface area contributed by atoms with Gasteiger partial charge in [0.25, 0.3) is 0 Å². The highest BCUT2D eigenvalue weighted by Crippen LogP contribution is 2.07. The average Bonchev–Trinajstić information content (AvgIpc) is 2.80. The molecule has 1 saturated heterocycles. The molecule has 0 unspecified atom stereocenters. The normalized spacial score (nSPS) is 15.5. The highest BCUT2D eigenvalue weighted by atomic mass is 16.5. The zero-order valence-electron chi connectivity index (χ0n) is 16.8. The van der Waals surface area contributed by atoms with Crippen LogP contribution in [0.25, 0.3) is 0 Å². The monoisotopic (exact) mass is 406 g/mol. The first-order valence-corrected chi connectivity index (χ1v) is 10.1. The Morgan fingerprint density at radius 3 is 2.07 bits per heavy atom. The van der Waals surface area contributed by atoms with Gasteiger partial charge in [0.2, 0.25) is 5.91 Å². The largest absolute Gasteiger partial charge is 0.378 e. The number of nitrogens with zero attached hydrogens (tertiary/aromatic N) is 2. The predicted molar refractivity (Wildman–Crippen MR) is 113 cm³/mol. The molecule has 2 aromatic rings. The molecule has 1 aliphatic heterocycles. The van der Waals surface area contributed by atoms with E-state index in [9.17, 15) is 14.9 Å². The smallest absolute Gasteiger partial charge is 0.318 e. The van der Waals surface area contributed by atoms with Gasteiger partial charge in [-0.15, -0.1) is 0 Å². The molecule has 0 aromatic heterocycles. The van der Waals surface area contributed by atoms with Crippen molar-refractivity contribution in [2.45, 2.75) is 24.9 Å². The van der Waals surface area contributed by atoms with E-state index in [0.717, 1.165) is 11.1 Å². The molecule has 1 aliphatic rings. The molecule has 1 heterocycles. The zero-order chi connectivity index (χ0) is 21.2. The van der Waals surface area contributed by atoms with Gasteiger partial charge < -0.3 is 20.3 Å². The first-order valence-electron chi connectivity index (χ1n) is 10.1. The third-order valence-electron chi connectivity index (χ3n) is 4.95. The summed E-state index contributed by atoms with van der Waals surface area (Å²) in [7, 11) is 0. The second kappa shape index (κ2) is 11.0. The van der Waals surface area contributed by atoms with Crippen LogP contribution in [0.5, 0.6) is 0 Å². The Balaban J connectivity index is 1.68. The molecule has 1 fully saturated rings. The number of hydrogen-bond acceptors (Lipinski definition) is 4. The molecular weight excluding hydrogens is 380 g/mol. The topological polar surface area (TPSA) is 94.5 Å². The molecule has 2 atom stereocenters. The third-order valence-corrected chi connectivity index (χ3v) is 4.95. The van der Waals surface area contributed by atoms with Crippen LogP contribution in [0.3, 0.4) is 0 Å². The van der Waals surface area contributed by atoms with E-state index < -0.39 is 12.1 Å². The second-order valence-corrected chi connectivity index (χ2v) is 7.17. The lowest BCUT2D eigenvalue weighted by molar-refractivity contribution is -0.123. The molecule has 2 N–H and O–H groups in total. The summed E-state index contributed by atoms with van der Waals surface area (Å²) in [5.74, 6) is -0.372. The Morgan fingerprint density at radius 1 is 0.933 bits per heavy atom. The third kappa shape index (κ3) is 6.33. The maximum absolute atomic E-state index is 13.0. The molecule has 0 spiro atoms. The number of nitrogens with one attached hydrogen (secondary N) is 2. The number of morpholine rings is 1. The number of urea groups is 1. The Morgan fingerprint density at radius 2 is 1.50 bits per heavy atom. The van der Waals surface area contributed by atoms with Crippen molar-refractivity contribution >= 4 is 11.9 Å². The van der Waals surface area contributed by atoms with Gasteiger partial charge in [-0.3, -0.25) is 4.79 Å². The molecule has 3 amide bonds. The van der Waals surface area contributed by atoms with Crippen molar-refractivity contribution in [3.05, 3.63) is 71.8 Å². The minimum absolute atomic E-state index is 0.300. The van der Waals surface area contributed by atoms with Crippen molar-refractivity contribution < 1.29 is 14.3 Å². The van der Waals surface area contributed by atoms with Crippen molar-refractivity contribution in [2.24, 2.45) is 0 Å². The maximum Gasteiger partial charge on any atom is 0.318 e. The fraction of sp³-hybridized carbons (Fsp3) is 0.348. The number of nitriles is 1. The number of benzene rings is 2. The highest BCUT2D eigenvalue weighted by molar-refractivity contribution is 5.87. The van der Waals surface area contributed by atoms with Crippen LogP contribution < -0.4 is 10.6 Å². The van der Waals surface area contributed by atoms with Gasteiger partial charge in [-0.25, -0.2) is 4.79 Å².